The second-order valence-electron chi connectivity index (χ2n) is 7.06. The molecule has 0 spiro atoms. The highest BCUT2D eigenvalue weighted by Gasteiger charge is 2.15. The van der Waals surface area contributed by atoms with Crippen molar-refractivity contribution in [1.29, 1.82) is 0 Å². The van der Waals surface area contributed by atoms with Crippen molar-refractivity contribution in [2.75, 3.05) is 0 Å². The van der Waals surface area contributed by atoms with Gasteiger partial charge in [-0.1, -0.05) is 54.6 Å². The second kappa shape index (κ2) is 8.29. The Labute approximate surface area is 151 Å². The smallest absolute Gasteiger partial charge is 0.126 e. The number of halogens is 1. The van der Waals surface area contributed by atoms with Crippen molar-refractivity contribution < 1.29 is 4.39 Å². The molecule has 0 aliphatic heterocycles. The molecule has 0 amide bonds. The first-order valence-electron chi connectivity index (χ1n) is 9.34. The summed E-state index contributed by atoms with van der Waals surface area (Å²) in [6, 6.07) is 14.0. The third-order valence-electron chi connectivity index (χ3n) is 5.26. The topological polar surface area (TPSA) is 0 Å². The lowest BCUT2D eigenvalue weighted by Gasteiger charge is -2.22. The first-order chi connectivity index (χ1) is 12.2. The molecule has 2 aromatic rings. The van der Waals surface area contributed by atoms with E-state index in [0.717, 1.165) is 17.0 Å². The predicted molar refractivity (Wildman–Crippen MR) is 106 cm³/mol. The molecule has 0 saturated heterocycles. The van der Waals surface area contributed by atoms with Crippen molar-refractivity contribution >= 4 is 5.57 Å². The summed E-state index contributed by atoms with van der Waals surface area (Å²) in [4.78, 5) is 0. The summed E-state index contributed by atoms with van der Waals surface area (Å²) < 4.78 is 13.8. The van der Waals surface area contributed by atoms with Crippen LogP contribution in [-0.4, -0.2) is 0 Å². The first-order valence-corrected chi connectivity index (χ1v) is 9.34. The van der Waals surface area contributed by atoms with Crippen LogP contribution in [0.1, 0.15) is 50.2 Å². The van der Waals surface area contributed by atoms with Crippen molar-refractivity contribution in [3.63, 3.8) is 0 Å². The Morgan fingerprint density at radius 3 is 2.40 bits per heavy atom. The average molecular weight is 334 g/mol. The number of hydrogen-bond donors (Lipinski definition) is 0. The molecule has 130 valence electrons. The molecule has 0 aromatic heterocycles. The Kier molecular flexibility index (Phi) is 5.86. The fourth-order valence-corrected chi connectivity index (χ4v) is 3.56. The molecule has 0 fully saturated rings. The third-order valence-corrected chi connectivity index (χ3v) is 5.26. The van der Waals surface area contributed by atoms with Crippen LogP contribution < -0.4 is 0 Å². The van der Waals surface area contributed by atoms with Gasteiger partial charge in [-0.05, 0) is 85.8 Å². The Morgan fingerprint density at radius 1 is 1.04 bits per heavy atom. The van der Waals surface area contributed by atoms with Crippen LogP contribution in [0.25, 0.3) is 16.7 Å². The van der Waals surface area contributed by atoms with Gasteiger partial charge in [-0.25, -0.2) is 4.39 Å². The molecule has 0 radical (unpaired) electrons. The van der Waals surface area contributed by atoms with E-state index in [4.69, 9.17) is 0 Å². The molecule has 1 aliphatic rings. The van der Waals surface area contributed by atoms with E-state index >= 15 is 0 Å². The van der Waals surface area contributed by atoms with E-state index in [1.54, 1.807) is 13.0 Å². The zero-order chi connectivity index (χ0) is 17.6. The maximum atomic E-state index is 13.8. The number of benzene rings is 2. The maximum Gasteiger partial charge on any atom is 0.126 e. The monoisotopic (exact) mass is 334 g/mol. The summed E-state index contributed by atoms with van der Waals surface area (Å²) in [6.45, 7) is 3.89. The van der Waals surface area contributed by atoms with Gasteiger partial charge in [-0.15, -0.1) is 0 Å². The van der Waals surface area contributed by atoms with Crippen LogP contribution in [0.15, 0.2) is 60.7 Å². The fraction of sp³-hybridized carbons (Fsp3) is 0.333. The quantitative estimate of drug-likeness (QED) is 0.502. The van der Waals surface area contributed by atoms with E-state index in [1.807, 2.05) is 12.1 Å². The molecule has 0 heterocycles. The predicted octanol–water partition coefficient (Wildman–Crippen LogP) is 7.34. The lowest BCUT2D eigenvalue weighted by molar-refractivity contribution is 0.454. The van der Waals surface area contributed by atoms with Crippen molar-refractivity contribution in [2.45, 2.75) is 46.0 Å². The highest BCUT2D eigenvalue weighted by Crippen LogP contribution is 2.33. The van der Waals surface area contributed by atoms with E-state index in [1.165, 1.54) is 43.2 Å². The van der Waals surface area contributed by atoms with Gasteiger partial charge in [-0.3, -0.25) is 0 Å². The van der Waals surface area contributed by atoms with Gasteiger partial charge in [0.1, 0.15) is 5.82 Å². The first kappa shape index (κ1) is 17.7. The maximum absolute atomic E-state index is 13.8. The molecule has 2 aromatic carbocycles. The number of rotatable bonds is 5. The minimum atomic E-state index is -0.138. The van der Waals surface area contributed by atoms with Crippen LogP contribution in [-0.2, 0) is 0 Å². The number of hydrogen-bond acceptors (Lipinski definition) is 0. The summed E-state index contributed by atoms with van der Waals surface area (Å²) in [7, 11) is 0. The van der Waals surface area contributed by atoms with Crippen molar-refractivity contribution in [3.05, 3.63) is 77.6 Å². The molecule has 0 nitrogen and oxygen atoms in total. The molecular weight excluding hydrogens is 307 g/mol. The van der Waals surface area contributed by atoms with E-state index in [9.17, 15) is 4.39 Å². The molecule has 1 aliphatic carbocycles. The van der Waals surface area contributed by atoms with Gasteiger partial charge >= 0.3 is 0 Å². The molecule has 25 heavy (non-hydrogen) atoms. The van der Waals surface area contributed by atoms with Gasteiger partial charge in [0.2, 0.25) is 0 Å². The molecule has 0 N–H and O–H groups in total. The molecule has 3 rings (SSSR count). The summed E-state index contributed by atoms with van der Waals surface area (Å²) >= 11 is 0. The normalized spacial score (nSPS) is 17.7. The highest BCUT2D eigenvalue weighted by atomic mass is 19.1. The largest absolute Gasteiger partial charge is 0.207 e. The number of allylic oxidation sites excluding steroid dienone is 4. The minimum absolute atomic E-state index is 0.138. The zero-order valence-electron chi connectivity index (χ0n) is 15.3. The van der Waals surface area contributed by atoms with Crippen LogP contribution in [0.2, 0.25) is 0 Å². The summed E-state index contributed by atoms with van der Waals surface area (Å²) in [6.07, 6.45) is 13.0. The van der Waals surface area contributed by atoms with Crippen molar-refractivity contribution in [2.24, 2.45) is 5.92 Å². The Morgan fingerprint density at radius 2 is 1.76 bits per heavy atom. The third kappa shape index (κ3) is 4.48. The van der Waals surface area contributed by atoms with E-state index in [0.29, 0.717) is 5.56 Å². The van der Waals surface area contributed by atoms with Gasteiger partial charge < -0.3 is 0 Å². The van der Waals surface area contributed by atoms with Gasteiger partial charge in [0.15, 0.2) is 0 Å². The van der Waals surface area contributed by atoms with Crippen LogP contribution in [0, 0.1) is 18.7 Å². The van der Waals surface area contributed by atoms with E-state index in [-0.39, 0.29) is 5.82 Å². The number of aryl methyl sites for hydroxylation is 1. The standard InChI is InChI=1S/C24H27F/c1-3-4-5-6-19-8-11-20(12-9-19)21-13-15-22(16-14-21)23-10-7-18(2)24(25)17-23/h3-4,7,10-11,13-17,19H,5-6,8-9,12H2,1-2H3. The average Bonchev–Trinajstić information content (AvgIpc) is 2.65. The lowest BCUT2D eigenvalue weighted by atomic mass is 9.84. The van der Waals surface area contributed by atoms with Crippen LogP contribution in [0.3, 0.4) is 0 Å². The van der Waals surface area contributed by atoms with Crippen LogP contribution in [0.4, 0.5) is 4.39 Å². The minimum Gasteiger partial charge on any atom is -0.207 e. The van der Waals surface area contributed by atoms with Gasteiger partial charge in [0.05, 0.1) is 0 Å². The van der Waals surface area contributed by atoms with Crippen molar-refractivity contribution in [1.82, 2.24) is 0 Å². The lowest BCUT2D eigenvalue weighted by Crippen LogP contribution is -2.05. The Hall–Kier alpha value is -2.15. The summed E-state index contributed by atoms with van der Waals surface area (Å²) in [5.74, 6) is 0.690. The van der Waals surface area contributed by atoms with E-state index < -0.39 is 0 Å². The molecule has 1 heteroatoms. The summed E-state index contributed by atoms with van der Waals surface area (Å²) in [5, 5.41) is 0. The zero-order valence-corrected chi connectivity index (χ0v) is 15.3. The van der Waals surface area contributed by atoms with Crippen molar-refractivity contribution in [3.8, 4) is 11.1 Å². The molecule has 0 bridgehead atoms. The SMILES string of the molecule is CC=CCCC1CC=C(c2ccc(-c3ccc(C)c(F)c3)cc2)CC1. The fourth-order valence-electron chi connectivity index (χ4n) is 3.56. The van der Waals surface area contributed by atoms with Gasteiger partial charge in [0, 0.05) is 0 Å². The highest BCUT2D eigenvalue weighted by molar-refractivity contribution is 5.71. The molecular formula is C24H27F. The Balaban J connectivity index is 1.67. The molecule has 1 atom stereocenters. The second-order valence-corrected chi connectivity index (χ2v) is 7.06. The van der Waals surface area contributed by atoms with Gasteiger partial charge in [-0.2, -0.15) is 0 Å². The van der Waals surface area contributed by atoms with Crippen LogP contribution in [0.5, 0.6) is 0 Å². The Bertz CT molecular complexity index is 765. The van der Waals surface area contributed by atoms with Crippen LogP contribution >= 0.6 is 0 Å². The molecule has 1 unspecified atom stereocenters. The molecule has 0 saturated carbocycles. The van der Waals surface area contributed by atoms with Gasteiger partial charge in [0.25, 0.3) is 0 Å². The summed E-state index contributed by atoms with van der Waals surface area (Å²) in [5.41, 5.74) is 5.48. The van der Waals surface area contributed by atoms with E-state index in [2.05, 4.69) is 49.4 Å².